The molecule has 0 N–H and O–H groups in total. The topological polar surface area (TPSA) is 43.1 Å². The van der Waals surface area contributed by atoms with Gasteiger partial charge in [0.25, 0.3) is 0 Å². The molecule has 21 heavy (non-hydrogen) atoms. The van der Waals surface area contributed by atoms with Crippen molar-refractivity contribution < 1.29 is 0 Å². The Morgan fingerprint density at radius 2 is 1.71 bits per heavy atom. The van der Waals surface area contributed by atoms with E-state index in [-0.39, 0.29) is 0 Å². The summed E-state index contributed by atoms with van der Waals surface area (Å²) in [6, 6.07) is 14.5. The van der Waals surface area contributed by atoms with Crippen molar-refractivity contribution in [2.24, 2.45) is 0 Å². The molecule has 0 radical (unpaired) electrons. The van der Waals surface area contributed by atoms with E-state index in [2.05, 4.69) is 49.7 Å². The van der Waals surface area contributed by atoms with Crippen molar-refractivity contribution >= 4 is 38.4 Å². The zero-order valence-corrected chi connectivity index (χ0v) is 11.1. The molecule has 0 fully saturated rings. The Morgan fingerprint density at radius 3 is 2.71 bits per heavy atom. The number of hydrogen-bond acceptors (Lipinski definition) is 3. The molecule has 0 saturated carbocycles. The molecule has 0 spiro atoms. The molecule has 0 bridgehead atoms. The Morgan fingerprint density at radius 1 is 0.810 bits per heavy atom. The highest BCUT2D eigenvalue weighted by Crippen LogP contribution is 2.31. The Hall–Kier alpha value is -3.01. The van der Waals surface area contributed by atoms with E-state index in [4.69, 9.17) is 0 Å². The van der Waals surface area contributed by atoms with Gasteiger partial charge < -0.3 is 4.40 Å². The van der Waals surface area contributed by atoms with Crippen LogP contribution in [0, 0.1) is 0 Å². The van der Waals surface area contributed by atoms with Gasteiger partial charge in [0.2, 0.25) is 0 Å². The number of rotatable bonds is 0. The zero-order valence-electron chi connectivity index (χ0n) is 11.1. The number of fused-ring (bicyclic) bond motifs is 8. The van der Waals surface area contributed by atoms with Gasteiger partial charge in [-0.1, -0.05) is 18.2 Å². The average molecular weight is 270 g/mol. The van der Waals surface area contributed by atoms with E-state index >= 15 is 0 Å². The molecule has 0 aliphatic heterocycles. The number of nitrogens with zero attached hydrogens (tertiary/aromatic N) is 4. The van der Waals surface area contributed by atoms with Crippen molar-refractivity contribution in [2.45, 2.75) is 0 Å². The summed E-state index contributed by atoms with van der Waals surface area (Å²) < 4.78 is 2.19. The largest absolute Gasteiger partial charge is 0.304 e. The molecule has 5 rings (SSSR count). The van der Waals surface area contributed by atoms with E-state index in [1.54, 1.807) is 6.33 Å². The van der Waals surface area contributed by atoms with Crippen LogP contribution in [-0.4, -0.2) is 19.4 Å². The van der Waals surface area contributed by atoms with Crippen LogP contribution in [0.5, 0.6) is 0 Å². The monoisotopic (exact) mass is 270 g/mol. The average Bonchev–Trinajstić information content (AvgIpc) is 2.95. The summed E-state index contributed by atoms with van der Waals surface area (Å²) in [6.45, 7) is 0. The van der Waals surface area contributed by atoms with Crippen LogP contribution in [0.2, 0.25) is 0 Å². The Balaban J connectivity index is 2.25. The van der Waals surface area contributed by atoms with Gasteiger partial charge in [-0.25, -0.2) is 9.97 Å². The summed E-state index contributed by atoms with van der Waals surface area (Å²) in [5, 5.41) is 2.26. The van der Waals surface area contributed by atoms with Gasteiger partial charge in [-0.3, -0.25) is 4.98 Å². The van der Waals surface area contributed by atoms with E-state index in [9.17, 15) is 0 Å². The quantitative estimate of drug-likeness (QED) is 0.404. The number of benzene rings is 1. The number of aromatic nitrogens is 4. The summed E-state index contributed by atoms with van der Waals surface area (Å²) in [5.74, 6) is 0. The van der Waals surface area contributed by atoms with Crippen molar-refractivity contribution in [3.63, 3.8) is 0 Å². The molecule has 98 valence electrons. The summed E-state index contributed by atoms with van der Waals surface area (Å²) in [5.41, 5.74) is 5.16. The lowest BCUT2D eigenvalue weighted by Crippen LogP contribution is -1.94. The molecule has 0 unspecified atom stereocenters. The maximum atomic E-state index is 4.57. The molecule has 0 saturated heterocycles. The minimum atomic E-state index is 0.932. The van der Waals surface area contributed by atoms with Crippen molar-refractivity contribution in [1.29, 1.82) is 0 Å². The summed E-state index contributed by atoms with van der Waals surface area (Å²) in [6.07, 6.45) is 5.29. The van der Waals surface area contributed by atoms with E-state index in [0.29, 0.717) is 0 Å². The predicted octanol–water partition coefficient (Wildman–Crippen LogP) is 3.58. The standard InChI is InChI=1S/C17H10N4/c1-2-6-13-11(4-1)8-14-16-12(5-3-7-19-16)17-15(21(13)14)9-18-10-20-17/h1-10H. The van der Waals surface area contributed by atoms with E-state index < -0.39 is 0 Å². The Labute approximate surface area is 119 Å². The SMILES string of the molecule is c1ccc2c(c1)cc1c3ncccc3c3ncncc3n21. The van der Waals surface area contributed by atoms with Gasteiger partial charge >= 0.3 is 0 Å². The molecule has 4 heteroatoms. The second-order valence-corrected chi connectivity index (χ2v) is 5.08. The first-order valence-corrected chi connectivity index (χ1v) is 6.80. The van der Waals surface area contributed by atoms with Crippen LogP contribution < -0.4 is 0 Å². The summed E-state index contributed by atoms with van der Waals surface area (Å²) >= 11 is 0. The highest BCUT2D eigenvalue weighted by atomic mass is 15.0. The molecular formula is C17H10N4. The van der Waals surface area contributed by atoms with Crippen LogP contribution in [0.1, 0.15) is 0 Å². The third-order valence-electron chi connectivity index (χ3n) is 3.95. The number of para-hydroxylation sites is 1. The fourth-order valence-corrected chi connectivity index (χ4v) is 3.08. The molecule has 0 atom stereocenters. The van der Waals surface area contributed by atoms with Gasteiger partial charge in [0.05, 0.1) is 33.8 Å². The van der Waals surface area contributed by atoms with Gasteiger partial charge in [-0.15, -0.1) is 0 Å². The maximum absolute atomic E-state index is 4.57. The normalized spacial score (nSPS) is 11.8. The molecule has 5 aromatic rings. The van der Waals surface area contributed by atoms with Crippen LogP contribution in [-0.2, 0) is 0 Å². The minimum absolute atomic E-state index is 0.932. The molecular weight excluding hydrogens is 260 g/mol. The second-order valence-electron chi connectivity index (χ2n) is 5.08. The van der Waals surface area contributed by atoms with E-state index in [0.717, 1.165) is 33.0 Å². The third kappa shape index (κ3) is 1.31. The van der Waals surface area contributed by atoms with Gasteiger partial charge in [-0.05, 0) is 24.3 Å². The van der Waals surface area contributed by atoms with Crippen LogP contribution in [0.15, 0.2) is 61.2 Å². The predicted molar refractivity (Wildman–Crippen MR) is 83.3 cm³/mol. The van der Waals surface area contributed by atoms with Crippen LogP contribution in [0.25, 0.3) is 38.4 Å². The molecule has 4 heterocycles. The minimum Gasteiger partial charge on any atom is -0.304 e. The van der Waals surface area contributed by atoms with Crippen molar-refractivity contribution in [1.82, 2.24) is 19.4 Å². The van der Waals surface area contributed by atoms with Crippen molar-refractivity contribution in [2.75, 3.05) is 0 Å². The molecule has 4 nitrogen and oxygen atoms in total. The highest BCUT2D eigenvalue weighted by molar-refractivity contribution is 6.12. The lowest BCUT2D eigenvalue weighted by atomic mass is 10.2. The Bertz CT molecular complexity index is 1140. The van der Waals surface area contributed by atoms with Crippen LogP contribution >= 0.6 is 0 Å². The lowest BCUT2D eigenvalue weighted by molar-refractivity contribution is 1.19. The van der Waals surface area contributed by atoms with E-state index in [1.165, 1.54) is 5.39 Å². The van der Waals surface area contributed by atoms with Crippen molar-refractivity contribution in [3.05, 3.63) is 61.2 Å². The zero-order chi connectivity index (χ0) is 13.8. The smallest absolute Gasteiger partial charge is 0.116 e. The first kappa shape index (κ1) is 10.7. The molecule has 0 aliphatic rings. The van der Waals surface area contributed by atoms with Crippen LogP contribution in [0.4, 0.5) is 0 Å². The first-order chi connectivity index (χ1) is 10.4. The van der Waals surface area contributed by atoms with Crippen LogP contribution in [0.3, 0.4) is 0 Å². The second kappa shape index (κ2) is 3.76. The van der Waals surface area contributed by atoms with Gasteiger partial charge in [0.1, 0.15) is 6.33 Å². The van der Waals surface area contributed by atoms with Gasteiger partial charge in [-0.2, -0.15) is 0 Å². The molecule has 1 aromatic carbocycles. The fraction of sp³-hybridized carbons (Fsp3) is 0. The fourth-order valence-electron chi connectivity index (χ4n) is 3.08. The van der Waals surface area contributed by atoms with Gasteiger partial charge in [0.15, 0.2) is 0 Å². The summed E-state index contributed by atoms with van der Waals surface area (Å²) in [7, 11) is 0. The first-order valence-electron chi connectivity index (χ1n) is 6.80. The van der Waals surface area contributed by atoms with Gasteiger partial charge in [0, 0.05) is 17.0 Å². The molecule has 0 amide bonds. The Kier molecular flexibility index (Phi) is 1.92. The lowest BCUT2D eigenvalue weighted by Gasteiger charge is -2.07. The maximum Gasteiger partial charge on any atom is 0.116 e. The number of pyridine rings is 2. The highest BCUT2D eigenvalue weighted by Gasteiger charge is 2.13. The van der Waals surface area contributed by atoms with Crippen molar-refractivity contribution in [3.8, 4) is 0 Å². The number of hydrogen-bond donors (Lipinski definition) is 0. The molecule has 0 aliphatic carbocycles. The summed E-state index contributed by atoms with van der Waals surface area (Å²) in [4.78, 5) is 13.3. The van der Waals surface area contributed by atoms with E-state index in [1.807, 2.05) is 24.5 Å². The third-order valence-corrected chi connectivity index (χ3v) is 3.95. The molecule has 4 aromatic heterocycles.